The molecule has 0 saturated heterocycles. The summed E-state index contributed by atoms with van der Waals surface area (Å²) in [5.74, 6) is 1.45. The van der Waals surface area contributed by atoms with E-state index in [1.165, 1.54) is 31.2 Å². The van der Waals surface area contributed by atoms with Crippen molar-refractivity contribution in [2.75, 3.05) is 0 Å². The maximum atomic E-state index is 6.14. The summed E-state index contributed by atoms with van der Waals surface area (Å²) >= 11 is 12.1. The number of halogens is 2. The Kier molecular flexibility index (Phi) is 4.29. The molecular weight excluding hydrogens is 263 g/mol. The van der Waals surface area contributed by atoms with E-state index in [2.05, 4.69) is 32.9 Å². The van der Waals surface area contributed by atoms with Crippen molar-refractivity contribution >= 4 is 23.2 Å². The summed E-state index contributed by atoms with van der Waals surface area (Å²) < 4.78 is 0. The minimum Gasteiger partial charge on any atom is -0.0827 e. The Bertz CT molecular complexity index is 423. The van der Waals surface area contributed by atoms with Gasteiger partial charge in [-0.15, -0.1) is 0 Å². The summed E-state index contributed by atoms with van der Waals surface area (Å²) in [6, 6.07) is 6.13. The van der Waals surface area contributed by atoms with E-state index in [1.54, 1.807) is 0 Å². The summed E-state index contributed by atoms with van der Waals surface area (Å²) in [5.41, 5.74) is 1.78. The van der Waals surface area contributed by atoms with Gasteiger partial charge in [-0.2, -0.15) is 0 Å². The molecule has 18 heavy (non-hydrogen) atoms. The van der Waals surface area contributed by atoms with E-state index >= 15 is 0 Å². The second kappa shape index (κ2) is 5.43. The average Bonchev–Trinajstić information content (AvgIpc) is 2.40. The number of benzene rings is 1. The van der Waals surface area contributed by atoms with Crippen molar-refractivity contribution in [3.63, 3.8) is 0 Å². The summed E-state index contributed by atoms with van der Waals surface area (Å²) in [5, 5.41) is 1.34. The Morgan fingerprint density at radius 3 is 2.44 bits per heavy atom. The second-order valence-electron chi connectivity index (χ2n) is 6.63. The Labute approximate surface area is 121 Å². The first-order valence-electron chi connectivity index (χ1n) is 6.82. The van der Waals surface area contributed by atoms with Crippen LogP contribution >= 0.6 is 23.2 Å². The Hall–Kier alpha value is -0.200. The predicted octanol–water partition coefficient (Wildman–Crippen LogP) is 6.31. The SMILES string of the molecule is CC1CC[C@@H](c2ccc(Cl)c(Cl)c2)CC(C)(C)C1. The highest BCUT2D eigenvalue weighted by molar-refractivity contribution is 6.42. The normalized spacial score (nSPS) is 27.8. The molecular formula is C16H22Cl2. The fourth-order valence-electron chi connectivity index (χ4n) is 3.43. The van der Waals surface area contributed by atoms with Gasteiger partial charge in [0.15, 0.2) is 0 Å². The average molecular weight is 285 g/mol. The van der Waals surface area contributed by atoms with Gasteiger partial charge in [-0.05, 0) is 54.2 Å². The van der Waals surface area contributed by atoms with Crippen LogP contribution in [0.25, 0.3) is 0 Å². The first kappa shape index (κ1) is 14.2. The van der Waals surface area contributed by atoms with Gasteiger partial charge in [0.2, 0.25) is 0 Å². The van der Waals surface area contributed by atoms with Crippen LogP contribution in [0.5, 0.6) is 0 Å². The van der Waals surface area contributed by atoms with Crippen molar-refractivity contribution in [2.24, 2.45) is 11.3 Å². The molecule has 0 bridgehead atoms. The first-order valence-corrected chi connectivity index (χ1v) is 7.58. The molecule has 0 spiro atoms. The third-order valence-electron chi connectivity index (χ3n) is 4.12. The molecule has 0 aliphatic heterocycles. The van der Waals surface area contributed by atoms with Crippen LogP contribution in [0.3, 0.4) is 0 Å². The van der Waals surface area contributed by atoms with Gasteiger partial charge < -0.3 is 0 Å². The summed E-state index contributed by atoms with van der Waals surface area (Å²) in [7, 11) is 0. The number of rotatable bonds is 1. The third kappa shape index (κ3) is 3.42. The van der Waals surface area contributed by atoms with Crippen LogP contribution in [0.15, 0.2) is 18.2 Å². The van der Waals surface area contributed by atoms with Crippen molar-refractivity contribution in [3.8, 4) is 0 Å². The van der Waals surface area contributed by atoms with Gasteiger partial charge >= 0.3 is 0 Å². The largest absolute Gasteiger partial charge is 0.0827 e. The van der Waals surface area contributed by atoms with E-state index in [4.69, 9.17) is 23.2 Å². The van der Waals surface area contributed by atoms with Crippen LogP contribution in [0.2, 0.25) is 10.0 Å². The molecule has 1 aromatic carbocycles. The van der Waals surface area contributed by atoms with E-state index in [0.29, 0.717) is 21.4 Å². The van der Waals surface area contributed by atoms with Crippen molar-refractivity contribution < 1.29 is 0 Å². The van der Waals surface area contributed by atoms with Gasteiger partial charge in [0, 0.05) is 0 Å². The molecule has 2 atom stereocenters. The summed E-state index contributed by atoms with van der Waals surface area (Å²) in [4.78, 5) is 0. The molecule has 0 nitrogen and oxygen atoms in total. The molecule has 0 heterocycles. The molecule has 1 aliphatic carbocycles. The molecule has 1 saturated carbocycles. The monoisotopic (exact) mass is 284 g/mol. The van der Waals surface area contributed by atoms with E-state index in [1.807, 2.05) is 6.07 Å². The molecule has 2 heteroatoms. The highest BCUT2D eigenvalue weighted by atomic mass is 35.5. The molecule has 0 amide bonds. The molecule has 0 radical (unpaired) electrons. The van der Waals surface area contributed by atoms with Gasteiger partial charge in [-0.25, -0.2) is 0 Å². The molecule has 0 aromatic heterocycles. The minimum atomic E-state index is 0.423. The van der Waals surface area contributed by atoms with Crippen LogP contribution < -0.4 is 0 Å². The Balaban J connectivity index is 2.23. The van der Waals surface area contributed by atoms with Gasteiger partial charge in [0.25, 0.3) is 0 Å². The Morgan fingerprint density at radius 2 is 1.78 bits per heavy atom. The van der Waals surface area contributed by atoms with Crippen molar-refractivity contribution in [2.45, 2.75) is 52.4 Å². The van der Waals surface area contributed by atoms with Crippen LogP contribution in [0, 0.1) is 11.3 Å². The summed E-state index contributed by atoms with van der Waals surface area (Å²) in [6.45, 7) is 7.15. The van der Waals surface area contributed by atoms with Crippen LogP contribution in [-0.2, 0) is 0 Å². The lowest BCUT2D eigenvalue weighted by Gasteiger charge is -2.28. The lowest BCUT2D eigenvalue weighted by molar-refractivity contribution is 0.268. The molecule has 1 unspecified atom stereocenters. The molecule has 1 aliphatic rings. The van der Waals surface area contributed by atoms with Crippen molar-refractivity contribution in [3.05, 3.63) is 33.8 Å². The maximum Gasteiger partial charge on any atom is 0.0595 e. The van der Waals surface area contributed by atoms with Crippen LogP contribution in [0.4, 0.5) is 0 Å². The van der Waals surface area contributed by atoms with E-state index in [-0.39, 0.29) is 0 Å². The molecule has 0 N–H and O–H groups in total. The van der Waals surface area contributed by atoms with Gasteiger partial charge in [0.05, 0.1) is 10.0 Å². The molecule has 1 aromatic rings. The topological polar surface area (TPSA) is 0 Å². The zero-order valence-electron chi connectivity index (χ0n) is 11.5. The standard InChI is InChI=1S/C16H22Cl2/c1-11-4-5-13(10-16(2,3)9-11)12-6-7-14(17)15(18)8-12/h6-8,11,13H,4-5,9-10H2,1-3H3/t11?,13-/m1/s1. The van der Waals surface area contributed by atoms with E-state index in [9.17, 15) is 0 Å². The second-order valence-corrected chi connectivity index (χ2v) is 7.44. The van der Waals surface area contributed by atoms with Gasteiger partial charge in [-0.3, -0.25) is 0 Å². The van der Waals surface area contributed by atoms with Gasteiger partial charge in [-0.1, -0.05) is 56.5 Å². The fourth-order valence-corrected chi connectivity index (χ4v) is 3.74. The zero-order chi connectivity index (χ0) is 13.3. The third-order valence-corrected chi connectivity index (χ3v) is 4.86. The Morgan fingerprint density at radius 1 is 1.06 bits per heavy atom. The van der Waals surface area contributed by atoms with Crippen LogP contribution in [0.1, 0.15) is 57.9 Å². The van der Waals surface area contributed by atoms with Crippen LogP contribution in [-0.4, -0.2) is 0 Å². The lowest BCUT2D eigenvalue weighted by atomic mass is 9.78. The van der Waals surface area contributed by atoms with E-state index in [0.717, 1.165) is 5.92 Å². The smallest absolute Gasteiger partial charge is 0.0595 e. The molecule has 1 fully saturated rings. The molecule has 2 rings (SSSR count). The maximum absolute atomic E-state index is 6.14. The highest BCUT2D eigenvalue weighted by Gasteiger charge is 2.30. The quantitative estimate of drug-likeness (QED) is 0.530. The zero-order valence-corrected chi connectivity index (χ0v) is 13.0. The highest BCUT2D eigenvalue weighted by Crippen LogP contribution is 2.44. The van der Waals surface area contributed by atoms with Crippen molar-refractivity contribution in [1.29, 1.82) is 0 Å². The molecule has 100 valence electrons. The predicted molar refractivity (Wildman–Crippen MR) is 80.6 cm³/mol. The number of hydrogen-bond donors (Lipinski definition) is 0. The lowest BCUT2D eigenvalue weighted by Crippen LogP contribution is -2.15. The summed E-state index contributed by atoms with van der Waals surface area (Å²) in [6.07, 6.45) is 5.15. The van der Waals surface area contributed by atoms with Gasteiger partial charge in [0.1, 0.15) is 0 Å². The fraction of sp³-hybridized carbons (Fsp3) is 0.625. The first-order chi connectivity index (χ1) is 8.37. The minimum absolute atomic E-state index is 0.423. The number of hydrogen-bond acceptors (Lipinski definition) is 0. The van der Waals surface area contributed by atoms with E-state index < -0.39 is 0 Å². The van der Waals surface area contributed by atoms with Crippen molar-refractivity contribution in [1.82, 2.24) is 0 Å².